The van der Waals surface area contributed by atoms with E-state index in [4.69, 9.17) is 4.74 Å². The monoisotopic (exact) mass is 491 g/mol. The summed E-state index contributed by atoms with van der Waals surface area (Å²) in [5, 5.41) is 12.6. The third kappa shape index (κ3) is 3.49. The Bertz CT molecular complexity index is 1440. The van der Waals surface area contributed by atoms with Gasteiger partial charge in [-0.1, -0.05) is 36.4 Å². The SMILES string of the molecule is O=C1c2c(O)c(=O)ccn2N2CN1CC/C=C/COc1cccc3c1[C@@H]2c1cccc(F)c1SC3. The van der Waals surface area contributed by atoms with E-state index in [2.05, 4.69) is 0 Å². The van der Waals surface area contributed by atoms with E-state index in [0.29, 0.717) is 36.0 Å². The Hall–Kier alpha value is -3.72. The van der Waals surface area contributed by atoms with Crippen LogP contribution in [0.15, 0.2) is 70.5 Å². The van der Waals surface area contributed by atoms with Gasteiger partial charge in [-0.05, 0) is 29.7 Å². The molecule has 4 heterocycles. The topological polar surface area (TPSA) is 75.0 Å². The molecule has 0 unspecified atom stereocenters. The maximum absolute atomic E-state index is 15.1. The lowest BCUT2D eigenvalue weighted by Crippen LogP contribution is -2.55. The normalized spacial score (nSPS) is 19.8. The van der Waals surface area contributed by atoms with Gasteiger partial charge in [-0.3, -0.25) is 19.3 Å². The molecule has 9 heteroatoms. The minimum absolute atomic E-state index is 0.0976. The minimum atomic E-state index is -0.625. The van der Waals surface area contributed by atoms with Crippen LogP contribution in [0.2, 0.25) is 0 Å². The smallest absolute Gasteiger partial charge is 0.277 e. The van der Waals surface area contributed by atoms with Crippen molar-refractivity contribution < 1.29 is 19.0 Å². The molecule has 2 aromatic carbocycles. The highest BCUT2D eigenvalue weighted by molar-refractivity contribution is 7.98. The first-order valence-electron chi connectivity index (χ1n) is 11.4. The van der Waals surface area contributed by atoms with E-state index in [1.807, 2.05) is 41.4 Å². The average Bonchev–Trinajstić information content (AvgIpc) is 3.02. The molecule has 6 rings (SSSR count). The number of carbonyl (C=O) groups excluding carboxylic acids is 1. The maximum atomic E-state index is 15.1. The summed E-state index contributed by atoms with van der Waals surface area (Å²) in [5.74, 6) is -0.113. The second-order valence-electron chi connectivity index (χ2n) is 8.62. The van der Waals surface area contributed by atoms with Crippen LogP contribution in [0, 0.1) is 5.82 Å². The second kappa shape index (κ2) is 8.49. The maximum Gasteiger partial charge on any atom is 0.277 e. The Kier molecular flexibility index (Phi) is 5.29. The van der Waals surface area contributed by atoms with Crippen LogP contribution >= 0.6 is 11.8 Å². The van der Waals surface area contributed by atoms with Crippen LogP contribution in [0.5, 0.6) is 11.5 Å². The fourth-order valence-corrected chi connectivity index (χ4v) is 6.08. The zero-order valence-corrected chi connectivity index (χ0v) is 19.5. The molecular formula is C26H22FN3O4S. The summed E-state index contributed by atoms with van der Waals surface area (Å²) < 4.78 is 22.8. The largest absolute Gasteiger partial charge is 0.502 e. The number of carbonyl (C=O) groups is 1. The molecule has 1 N–H and O–H groups in total. The van der Waals surface area contributed by atoms with Gasteiger partial charge in [0.2, 0.25) is 5.43 Å². The van der Waals surface area contributed by atoms with Crippen molar-refractivity contribution in [3.8, 4) is 11.5 Å². The van der Waals surface area contributed by atoms with Gasteiger partial charge in [0, 0.05) is 35.0 Å². The molecule has 7 nitrogen and oxygen atoms in total. The van der Waals surface area contributed by atoms with Crippen molar-refractivity contribution in [3.63, 3.8) is 0 Å². The van der Waals surface area contributed by atoms with Crippen LogP contribution < -0.4 is 15.2 Å². The number of thioether (sulfide) groups is 1. The molecule has 0 spiro atoms. The lowest BCUT2D eigenvalue weighted by atomic mass is 9.93. The molecule has 0 fully saturated rings. The minimum Gasteiger partial charge on any atom is -0.502 e. The fraction of sp³-hybridized carbons (Fsp3) is 0.231. The summed E-state index contributed by atoms with van der Waals surface area (Å²) in [7, 11) is 0. The van der Waals surface area contributed by atoms with Gasteiger partial charge in [-0.15, -0.1) is 11.8 Å². The highest BCUT2D eigenvalue weighted by atomic mass is 32.2. The van der Waals surface area contributed by atoms with E-state index in [-0.39, 0.29) is 18.2 Å². The Morgan fingerprint density at radius 1 is 1.09 bits per heavy atom. The van der Waals surface area contributed by atoms with Crippen LogP contribution in [0.4, 0.5) is 4.39 Å². The first kappa shape index (κ1) is 21.8. The molecular weight excluding hydrogens is 469 g/mol. The van der Waals surface area contributed by atoms with Crippen molar-refractivity contribution in [2.45, 2.75) is 23.1 Å². The Morgan fingerprint density at radius 3 is 2.83 bits per heavy atom. The number of fused-ring (bicyclic) bond motifs is 7. The molecule has 3 aliphatic heterocycles. The van der Waals surface area contributed by atoms with Crippen LogP contribution in [0.3, 0.4) is 0 Å². The number of rotatable bonds is 0. The van der Waals surface area contributed by atoms with Gasteiger partial charge in [0.15, 0.2) is 11.4 Å². The number of aromatic hydroxyl groups is 1. The molecule has 0 saturated heterocycles. The number of pyridine rings is 1. The molecule has 3 aromatic rings. The van der Waals surface area contributed by atoms with Crippen molar-refractivity contribution in [1.82, 2.24) is 9.58 Å². The first-order chi connectivity index (χ1) is 17.0. The molecule has 0 aliphatic carbocycles. The summed E-state index contributed by atoms with van der Waals surface area (Å²) >= 11 is 1.43. The van der Waals surface area contributed by atoms with E-state index >= 15 is 4.39 Å². The number of halogens is 1. The van der Waals surface area contributed by atoms with Crippen molar-refractivity contribution in [3.05, 3.63) is 99.2 Å². The number of nitrogens with zero attached hydrogens (tertiary/aromatic N) is 3. The Morgan fingerprint density at radius 2 is 1.94 bits per heavy atom. The number of ether oxygens (including phenoxy) is 1. The van der Waals surface area contributed by atoms with Gasteiger partial charge in [-0.25, -0.2) is 4.39 Å². The van der Waals surface area contributed by atoms with E-state index in [0.717, 1.165) is 16.7 Å². The summed E-state index contributed by atoms with van der Waals surface area (Å²) in [5.41, 5.74) is 1.87. The predicted molar refractivity (Wildman–Crippen MR) is 130 cm³/mol. The van der Waals surface area contributed by atoms with E-state index in [1.54, 1.807) is 11.0 Å². The molecule has 1 atom stereocenters. The van der Waals surface area contributed by atoms with Crippen LogP contribution in [-0.4, -0.2) is 40.4 Å². The molecule has 2 bridgehead atoms. The summed E-state index contributed by atoms with van der Waals surface area (Å²) in [4.78, 5) is 27.8. The van der Waals surface area contributed by atoms with Crippen molar-refractivity contribution in [2.24, 2.45) is 0 Å². The quantitative estimate of drug-likeness (QED) is 0.483. The molecule has 0 radical (unpaired) electrons. The fourth-order valence-electron chi connectivity index (χ4n) is 4.98. The van der Waals surface area contributed by atoms with E-state index in [9.17, 15) is 14.7 Å². The van der Waals surface area contributed by atoms with Crippen molar-refractivity contribution in [2.75, 3.05) is 24.8 Å². The van der Waals surface area contributed by atoms with Crippen molar-refractivity contribution in [1.29, 1.82) is 0 Å². The van der Waals surface area contributed by atoms with Gasteiger partial charge in [-0.2, -0.15) is 0 Å². The Labute approximate surface area is 205 Å². The molecule has 0 saturated carbocycles. The summed E-state index contributed by atoms with van der Waals surface area (Å²) in [6, 6.07) is 11.5. The highest BCUT2D eigenvalue weighted by Crippen LogP contribution is 2.47. The van der Waals surface area contributed by atoms with Crippen LogP contribution in [-0.2, 0) is 5.75 Å². The van der Waals surface area contributed by atoms with Gasteiger partial charge >= 0.3 is 0 Å². The van der Waals surface area contributed by atoms with Gasteiger partial charge in [0.05, 0.1) is 0 Å². The standard InChI is InChI=1S/C26H22FN3O4S/c27-18-8-5-7-17-22-21-16(14-35-25(17)18)6-4-9-20(21)34-13-3-1-2-11-28-15-30(22)29-12-10-19(31)24(32)23(29)26(28)33/h1,3-10,12,22,32H,2,11,13-15H2/b3-1+/t22-/m0/s1. The third-order valence-electron chi connectivity index (χ3n) is 6.60. The van der Waals surface area contributed by atoms with Gasteiger partial charge in [0.1, 0.15) is 30.9 Å². The average molecular weight is 492 g/mol. The zero-order valence-electron chi connectivity index (χ0n) is 18.7. The Balaban J connectivity index is 1.68. The first-order valence-corrected chi connectivity index (χ1v) is 12.3. The molecule has 35 heavy (non-hydrogen) atoms. The molecule has 178 valence electrons. The summed E-state index contributed by atoms with van der Waals surface area (Å²) in [6.07, 6.45) is 5.94. The predicted octanol–water partition coefficient (Wildman–Crippen LogP) is 3.78. The lowest BCUT2D eigenvalue weighted by molar-refractivity contribution is 0.0682. The van der Waals surface area contributed by atoms with E-state index < -0.39 is 23.1 Å². The van der Waals surface area contributed by atoms with Crippen LogP contribution in [0.1, 0.15) is 39.6 Å². The third-order valence-corrected chi connectivity index (χ3v) is 7.77. The number of hydrogen-bond acceptors (Lipinski definition) is 6. The van der Waals surface area contributed by atoms with Gasteiger partial charge in [0.25, 0.3) is 5.91 Å². The number of hydrogen-bond donors (Lipinski definition) is 1. The van der Waals surface area contributed by atoms with E-state index in [1.165, 1.54) is 34.8 Å². The van der Waals surface area contributed by atoms with Gasteiger partial charge < -0.3 is 14.7 Å². The molecule has 3 aliphatic rings. The number of benzene rings is 2. The number of amides is 1. The summed E-state index contributed by atoms with van der Waals surface area (Å²) in [6.45, 7) is 0.936. The lowest BCUT2D eigenvalue weighted by Gasteiger charge is -2.44. The molecule has 1 aromatic heterocycles. The highest BCUT2D eigenvalue weighted by Gasteiger charge is 2.40. The number of aromatic nitrogens is 1. The zero-order chi connectivity index (χ0) is 24.1. The molecule has 1 amide bonds. The van der Waals surface area contributed by atoms with Crippen molar-refractivity contribution >= 4 is 17.7 Å². The van der Waals surface area contributed by atoms with Crippen LogP contribution in [0.25, 0.3) is 0 Å². The second-order valence-corrected chi connectivity index (χ2v) is 9.61.